The molecule has 0 fully saturated rings. The average molecular weight is 379 g/mol. The van der Waals surface area contributed by atoms with Crippen molar-refractivity contribution in [3.05, 3.63) is 44.6 Å². The van der Waals surface area contributed by atoms with Crippen LogP contribution in [0, 0.1) is 11.8 Å². The molecule has 124 valence electrons. The van der Waals surface area contributed by atoms with E-state index in [1.165, 1.54) is 4.88 Å². The van der Waals surface area contributed by atoms with Crippen LogP contribution in [-0.2, 0) is 6.54 Å². The number of hydrogen-bond donors (Lipinski definition) is 3. The Bertz CT molecular complexity index is 881. The Balaban J connectivity index is 1.86. The number of hydrogen-bond acceptors (Lipinski definition) is 6. The van der Waals surface area contributed by atoms with Gasteiger partial charge in [-0.05, 0) is 11.4 Å². The second-order valence-electron chi connectivity index (χ2n) is 5.09. The lowest BCUT2D eigenvalue weighted by molar-refractivity contribution is 0.0992. The minimum absolute atomic E-state index is 0.220. The maximum absolute atomic E-state index is 9.35. The Morgan fingerprint density at radius 2 is 2.25 bits per heavy atom. The smallest absolute Gasteiger partial charge is 0.131 e. The highest BCUT2D eigenvalue weighted by Crippen LogP contribution is 2.33. The van der Waals surface area contributed by atoms with Crippen LogP contribution in [0.25, 0.3) is 10.2 Å². The van der Waals surface area contributed by atoms with Gasteiger partial charge >= 0.3 is 0 Å². The summed E-state index contributed by atoms with van der Waals surface area (Å²) in [6.45, 7) is 0.439. The first kappa shape index (κ1) is 17.2. The fraction of sp³-hybridized carbons (Fsp3) is 0.235. The van der Waals surface area contributed by atoms with Crippen LogP contribution in [0.1, 0.15) is 16.9 Å². The highest BCUT2D eigenvalue weighted by molar-refractivity contribution is 7.18. The molecule has 0 radical (unpaired) electrons. The van der Waals surface area contributed by atoms with Crippen molar-refractivity contribution in [2.75, 3.05) is 11.9 Å². The van der Waals surface area contributed by atoms with Gasteiger partial charge in [0.1, 0.15) is 10.7 Å². The predicted octanol–water partition coefficient (Wildman–Crippen LogP) is 3.72. The number of fused-ring (bicyclic) bond motifs is 1. The van der Waals surface area contributed by atoms with Crippen LogP contribution in [0.2, 0.25) is 5.15 Å². The molecular formula is C17H15ClN2O2S2. The Morgan fingerprint density at radius 3 is 3.00 bits per heavy atom. The first-order valence-electron chi connectivity index (χ1n) is 7.29. The molecule has 0 saturated heterocycles. The van der Waals surface area contributed by atoms with Crippen LogP contribution in [0.3, 0.4) is 0 Å². The molecule has 0 spiro atoms. The van der Waals surface area contributed by atoms with Gasteiger partial charge in [0, 0.05) is 29.3 Å². The van der Waals surface area contributed by atoms with Crippen molar-refractivity contribution >= 4 is 50.2 Å². The summed E-state index contributed by atoms with van der Waals surface area (Å²) in [5, 5.41) is 26.0. The second-order valence-corrected chi connectivity index (χ2v) is 7.39. The van der Waals surface area contributed by atoms with Crippen molar-refractivity contribution in [1.29, 1.82) is 0 Å². The van der Waals surface area contributed by atoms with E-state index in [9.17, 15) is 5.11 Å². The van der Waals surface area contributed by atoms with E-state index in [-0.39, 0.29) is 13.0 Å². The summed E-state index contributed by atoms with van der Waals surface area (Å²) in [5.41, 5.74) is 2.47. The SMILES string of the molecule is OCC(O)CC#Cc1csc2c(NCc3cccs3)cc(Cl)nc12. The van der Waals surface area contributed by atoms with Gasteiger partial charge in [-0.2, -0.15) is 0 Å². The van der Waals surface area contributed by atoms with Crippen molar-refractivity contribution in [2.24, 2.45) is 0 Å². The number of rotatable bonds is 5. The molecule has 0 bridgehead atoms. The number of thiophene rings is 2. The molecular weight excluding hydrogens is 364 g/mol. The van der Waals surface area contributed by atoms with Crippen molar-refractivity contribution in [1.82, 2.24) is 4.98 Å². The Morgan fingerprint density at radius 1 is 1.38 bits per heavy atom. The van der Waals surface area contributed by atoms with E-state index in [0.29, 0.717) is 5.15 Å². The Labute approximate surface area is 152 Å². The molecule has 0 saturated carbocycles. The Kier molecular flexibility index (Phi) is 5.72. The molecule has 1 unspecified atom stereocenters. The first-order chi connectivity index (χ1) is 11.7. The van der Waals surface area contributed by atoms with Gasteiger partial charge in [0.25, 0.3) is 0 Å². The lowest BCUT2D eigenvalue weighted by atomic mass is 10.2. The molecule has 0 aliphatic carbocycles. The van der Waals surface area contributed by atoms with Crippen LogP contribution < -0.4 is 5.32 Å². The third-order valence-electron chi connectivity index (χ3n) is 3.30. The molecule has 0 aliphatic rings. The molecule has 3 aromatic rings. The summed E-state index contributed by atoms with van der Waals surface area (Å²) < 4.78 is 1.00. The third-order valence-corrected chi connectivity index (χ3v) is 5.37. The minimum Gasteiger partial charge on any atom is -0.394 e. The molecule has 3 heterocycles. The van der Waals surface area contributed by atoms with Gasteiger partial charge in [-0.25, -0.2) is 4.98 Å². The van der Waals surface area contributed by atoms with Crippen molar-refractivity contribution in [3.63, 3.8) is 0 Å². The molecule has 4 nitrogen and oxygen atoms in total. The molecule has 1 atom stereocenters. The highest BCUT2D eigenvalue weighted by atomic mass is 35.5. The minimum atomic E-state index is -0.818. The first-order valence-corrected chi connectivity index (χ1v) is 9.43. The van der Waals surface area contributed by atoms with E-state index >= 15 is 0 Å². The monoisotopic (exact) mass is 378 g/mol. The molecule has 24 heavy (non-hydrogen) atoms. The van der Waals surface area contributed by atoms with Crippen LogP contribution in [0.15, 0.2) is 29.0 Å². The second kappa shape index (κ2) is 7.97. The topological polar surface area (TPSA) is 65.4 Å². The number of pyridine rings is 1. The zero-order chi connectivity index (χ0) is 16.9. The van der Waals surface area contributed by atoms with Crippen LogP contribution in [-0.4, -0.2) is 27.9 Å². The summed E-state index contributed by atoms with van der Waals surface area (Å²) in [6, 6.07) is 5.92. The van der Waals surface area contributed by atoms with E-state index < -0.39 is 6.10 Å². The van der Waals surface area contributed by atoms with Gasteiger partial charge in [0.15, 0.2) is 0 Å². The number of aliphatic hydroxyl groups excluding tert-OH is 2. The number of nitrogens with zero attached hydrogens (tertiary/aromatic N) is 1. The summed E-state index contributed by atoms with van der Waals surface area (Å²) in [6.07, 6.45) is -0.597. The van der Waals surface area contributed by atoms with Gasteiger partial charge in [-0.15, -0.1) is 22.7 Å². The van der Waals surface area contributed by atoms with Gasteiger partial charge < -0.3 is 15.5 Å². The maximum Gasteiger partial charge on any atom is 0.131 e. The highest BCUT2D eigenvalue weighted by Gasteiger charge is 2.11. The van der Waals surface area contributed by atoms with Crippen LogP contribution in [0.4, 0.5) is 5.69 Å². The molecule has 0 amide bonds. The largest absolute Gasteiger partial charge is 0.394 e. The van der Waals surface area contributed by atoms with E-state index in [1.807, 2.05) is 22.9 Å². The summed E-state index contributed by atoms with van der Waals surface area (Å²) in [4.78, 5) is 5.62. The zero-order valence-corrected chi connectivity index (χ0v) is 15.0. The normalized spacial score (nSPS) is 12.0. The molecule has 0 aromatic carbocycles. The van der Waals surface area contributed by atoms with Crippen molar-refractivity contribution in [3.8, 4) is 11.8 Å². The van der Waals surface area contributed by atoms with E-state index in [1.54, 1.807) is 22.7 Å². The zero-order valence-electron chi connectivity index (χ0n) is 12.6. The number of anilines is 1. The van der Waals surface area contributed by atoms with Gasteiger partial charge in [-0.3, -0.25) is 0 Å². The van der Waals surface area contributed by atoms with E-state index in [4.69, 9.17) is 16.7 Å². The average Bonchev–Trinajstić information content (AvgIpc) is 3.22. The van der Waals surface area contributed by atoms with Crippen molar-refractivity contribution < 1.29 is 10.2 Å². The van der Waals surface area contributed by atoms with Crippen LogP contribution in [0.5, 0.6) is 0 Å². The summed E-state index contributed by atoms with van der Waals surface area (Å²) >= 11 is 9.41. The molecule has 0 aliphatic heterocycles. The molecule has 7 heteroatoms. The Hall–Kier alpha value is -1.62. The molecule has 3 rings (SSSR count). The van der Waals surface area contributed by atoms with Gasteiger partial charge in [-0.1, -0.05) is 29.5 Å². The van der Waals surface area contributed by atoms with Gasteiger partial charge in [0.05, 0.1) is 28.7 Å². The molecule has 3 aromatic heterocycles. The number of nitrogens with one attached hydrogen (secondary N) is 1. The predicted molar refractivity (Wildman–Crippen MR) is 101 cm³/mol. The fourth-order valence-corrected chi connectivity index (χ4v) is 3.89. The molecule has 3 N–H and O–H groups in total. The van der Waals surface area contributed by atoms with E-state index in [0.717, 1.165) is 28.0 Å². The van der Waals surface area contributed by atoms with Crippen molar-refractivity contribution in [2.45, 2.75) is 19.1 Å². The number of halogens is 1. The van der Waals surface area contributed by atoms with Gasteiger partial charge in [0.2, 0.25) is 0 Å². The van der Waals surface area contributed by atoms with E-state index in [2.05, 4.69) is 28.2 Å². The summed E-state index contributed by atoms with van der Waals surface area (Å²) in [5.74, 6) is 5.87. The van der Waals surface area contributed by atoms with Crippen LogP contribution >= 0.6 is 34.3 Å². The third kappa shape index (κ3) is 4.07. The fourth-order valence-electron chi connectivity index (χ4n) is 2.12. The quantitative estimate of drug-likeness (QED) is 0.467. The lowest BCUT2D eigenvalue weighted by Crippen LogP contribution is -2.09. The maximum atomic E-state index is 9.35. The standard InChI is InChI=1S/C17H15ClN2O2S2/c18-15-7-14(19-8-13-5-2-6-23-13)17-16(20-15)11(10-24-17)3-1-4-12(22)9-21/h2,5-7,10,12,21-22H,4,8-9H2,(H,19,20). The lowest BCUT2D eigenvalue weighted by Gasteiger charge is -2.06. The number of aromatic nitrogens is 1. The summed E-state index contributed by atoms with van der Waals surface area (Å²) in [7, 11) is 0. The number of aliphatic hydroxyl groups is 2.